The molecule has 226 valence electrons. The van der Waals surface area contributed by atoms with E-state index in [0.717, 1.165) is 57.5 Å². The molecular weight excluding hydrogens is 551 g/mol. The Morgan fingerprint density at radius 3 is 2.29 bits per heavy atom. The third kappa shape index (κ3) is 6.40. The van der Waals surface area contributed by atoms with Gasteiger partial charge in [-0.2, -0.15) is 13.2 Å². The Morgan fingerprint density at radius 2 is 1.64 bits per heavy atom. The maximum atomic E-state index is 13.3. The lowest BCUT2D eigenvalue weighted by molar-refractivity contribution is -0.205. The minimum Gasteiger partial charge on any atom is -0.487 e. The number of esters is 1. The highest BCUT2D eigenvalue weighted by Crippen LogP contribution is 2.43. The van der Waals surface area contributed by atoms with E-state index in [1.54, 1.807) is 4.90 Å². The summed E-state index contributed by atoms with van der Waals surface area (Å²) in [5, 5.41) is 0. The highest BCUT2D eigenvalue weighted by Gasteiger charge is 2.44. The van der Waals surface area contributed by atoms with Gasteiger partial charge in [0.25, 0.3) is 11.8 Å². The Bertz CT molecular complexity index is 1360. The van der Waals surface area contributed by atoms with Gasteiger partial charge in [0.1, 0.15) is 11.4 Å². The van der Waals surface area contributed by atoms with Crippen LogP contribution in [0.15, 0.2) is 42.5 Å². The molecule has 5 rings (SSSR count). The first-order valence-corrected chi connectivity index (χ1v) is 14.2. The number of benzene rings is 2. The number of hydrogen-bond donors (Lipinski definition) is 1. The van der Waals surface area contributed by atoms with Gasteiger partial charge in [-0.1, -0.05) is 24.3 Å². The molecule has 2 fully saturated rings. The molecule has 0 aromatic heterocycles. The number of likely N-dealkylation sites (tertiary alicyclic amines) is 2. The number of primary amides is 1. The molecule has 0 aliphatic carbocycles. The maximum absolute atomic E-state index is 13.3. The van der Waals surface area contributed by atoms with E-state index in [9.17, 15) is 27.6 Å². The molecule has 2 saturated heterocycles. The van der Waals surface area contributed by atoms with E-state index in [-0.39, 0.29) is 28.1 Å². The van der Waals surface area contributed by atoms with Crippen molar-refractivity contribution in [2.45, 2.75) is 70.4 Å². The van der Waals surface area contributed by atoms with E-state index in [4.69, 9.17) is 10.5 Å². The zero-order chi connectivity index (χ0) is 30.3. The molecule has 11 heteroatoms. The second-order valence-corrected chi connectivity index (χ2v) is 12.3. The Morgan fingerprint density at radius 1 is 1.00 bits per heavy atom. The predicted molar refractivity (Wildman–Crippen MR) is 147 cm³/mol. The molecule has 1 unspecified atom stereocenters. The Labute approximate surface area is 242 Å². The minimum atomic E-state index is -5.28. The normalized spacial score (nSPS) is 20.5. The summed E-state index contributed by atoms with van der Waals surface area (Å²) in [6, 6.07) is 11.8. The van der Waals surface area contributed by atoms with Crippen molar-refractivity contribution in [2.75, 3.05) is 26.2 Å². The quantitative estimate of drug-likeness (QED) is 0.498. The van der Waals surface area contributed by atoms with Crippen LogP contribution in [0.25, 0.3) is 0 Å². The van der Waals surface area contributed by atoms with Gasteiger partial charge in [0, 0.05) is 42.7 Å². The van der Waals surface area contributed by atoms with Crippen LogP contribution in [0.1, 0.15) is 72.7 Å². The summed E-state index contributed by atoms with van der Waals surface area (Å²) in [5.41, 5.74) is 7.92. The van der Waals surface area contributed by atoms with Gasteiger partial charge in [-0.25, -0.2) is 4.79 Å². The van der Waals surface area contributed by atoms with Crippen molar-refractivity contribution in [1.29, 1.82) is 0 Å². The fourth-order valence-corrected chi connectivity index (χ4v) is 6.41. The van der Waals surface area contributed by atoms with Gasteiger partial charge in [0.2, 0.25) is 6.10 Å². The van der Waals surface area contributed by atoms with Crippen molar-refractivity contribution in [3.05, 3.63) is 64.7 Å². The first-order chi connectivity index (χ1) is 19.8. The molecule has 2 aromatic carbocycles. The number of fused-ring (bicyclic) bond motifs is 1. The second-order valence-electron chi connectivity index (χ2n) is 12.3. The number of halogens is 3. The van der Waals surface area contributed by atoms with Crippen molar-refractivity contribution >= 4 is 17.8 Å². The van der Waals surface area contributed by atoms with Gasteiger partial charge in [-0.15, -0.1) is 0 Å². The van der Waals surface area contributed by atoms with Gasteiger partial charge in [0.15, 0.2) is 0 Å². The van der Waals surface area contributed by atoms with Crippen molar-refractivity contribution < 1.29 is 37.0 Å². The smallest absolute Gasteiger partial charge is 0.487 e. The van der Waals surface area contributed by atoms with E-state index in [0.29, 0.717) is 13.1 Å². The number of ether oxygens (including phenoxy) is 2. The fourth-order valence-electron chi connectivity index (χ4n) is 6.41. The molecule has 3 aliphatic rings. The number of carbonyl (C=O) groups is 3. The zero-order valence-corrected chi connectivity index (χ0v) is 23.8. The molecule has 2 amide bonds. The summed E-state index contributed by atoms with van der Waals surface area (Å²) < 4.78 is 48.5. The third-order valence-corrected chi connectivity index (χ3v) is 8.79. The van der Waals surface area contributed by atoms with Crippen LogP contribution in [0.3, 0.4) is 0 Å². The number of rotatable bonds is 6. The highest BCUT2D eigenvalue weighted by atomic mass is 19.4. The highest BCUT2D eigenvalue weighted by molar-refractivity contribution is 5.95. The Hall–Kier alpha value is -3.60. The molecule has 2 N–H and O–H groups in total. The summed E-state index contributed by atoms with van der Waals surface area (Å²) in [6.45, 7) is 8.20. The Kier molecular flexibility index (Phi) is 8.00. The number of hydrogen-bond acceptors (Lipinski definition) is 6. The number of carbonyl (C=O) groups excluding carboxylic acids is 3. The lowest BCUT2D eigenvalue weighted by Crippen LogP contribution is -2.48. The van der Waals surface area contributed by atoms with Crippen LogP contribution in [0.2, 0.25) is 0 Å². The van der Waals surface area contributed by atoms with E-state index >= 15 is 0 Å². The monoisotopic (exact) mass is 587 g/mol. The molecule has 3 heterocycles. The van der Waals surface area contributed by atoms with Crippen LogP contribution in [-0.2, 0) is 27.3 Å². The summed E-state index contributed by atoms with van der Waals surface area (Å²) in [5.74, 6) is -3.10. The van der Waals surface area contributed by atoms with Crippen LogP contribution in [0, 0.1) is 5.41 Å². The molecule has 42 heavy (non-hydrogen) atoms. The molecule has 2 aromatic rings. The van der Waals surface area contributed by atoms with Crippen LogP contribution in [0.4, 0.5) is 13.2 Å². The zero-order valence-electron chi connectivity index (χ0n) is 23.8. The molecule has 3 aliphatic heterocycles. The number of piperidine rings is 2. The van der Waals surface area contributed by atoms with Crippen LogP contribution < -0.4 is 10.5 Å². The second kappa shape index (κ2) is 11.2. The van der Waals surface area contributed by atoms with Gasteiger partial charge in [0.05, 0.1) is 0 Å². The number of nitrogens with zero attached hydrogens (tertiary/aromatic N) is 2. The van der Waals surface area contributed by atoms with E-state index < -0.39 is 24.2 Å². The molecule has 0 saturated carbocycles. The average Bonchev–Trinajstić information content (AvgIpc) is 3.27. The van der Waals surface area contributed by atoms with Crippen LogP contribution >= 0.6 is 0 Å². The minimum absolute atomic E-state index is 0.0917. The molecular formula is C31H36F3N3O5. The van der Waals surface area contributed by atoms with Crippen LogP contribution in [0.5, 0.6) is 5.75 Å². The molecule has 0 radical (unpaired) electrons. The standard InChI is InChI=1S/C31H36F3N3O5/c1-29(2)18-23-22(7-4-8-24(23)42-29)19-36-13-9-30(10-14-36)11-15-37(16-12-30)27(39)21-6-3-5-20(17-21)25(26(35)38)41-28(40)31(32,33)34/h3-8,17,25H,9-16,18-19H2,1-2H3,(H2,35,38). The van der Waals surface area contributed by atoms with E-state index in [1.165, 1.54) is 35.4 Å². The fraction of sp³-hybridized carbons (Fsp3) is 0.516. The molecule has 1 atom stereocenters. The number of alkyl halides is 3. The van der Waals surface area contributed by atoms with Gasteiger partial charge >= 0.3 is 12.1 Å². The van der Waals surface area contributed by atoms with E-state index in [1.807, 2.05) is 6.07 Å². The van der Waals surface area contributed by atoms with Crippen molar-refractivity contribution in [1.82, 2.24) is 9.80 Å². The average molecular weight is 588 g/mol. The molecule has 0 bridgehead atoms. The molecule has 8 nitrogen and oxygen atoms in total. The first kappa shape index (κ1) is 29.9. The maximum Gasteiger partial charge on any atom is 0.490 e. The SMILES string of the molecule is CC1(C)Cc2c(CN3CCC4(CC3)CCN(C(=O)c3cccc(C(OC(=O)C(F)(F)F)C(N)=O)c3)CC4)cccc2O1. The lowest BCUT2D eigenvalue weighted by atomic mass is 9.71. The van der Waals surface area contributed by atoms with Gasteiger partial charge in [-0.05, 0) is 81.8 Å². The summed E-state index contributed by atoms with van der Waals surface area (Å²) in [6.07, 6.45) is -2.51. The van der Waals surface area contributed by atoms with Crippen LogP contribution in [-0.4, -0.2) is 65.5 Å². The van der Waals surface area contributed by atoms with Crippen molar-refractivity contribution in [3.8, 4) is 5.75 Å². The third-order valence-electron chi connectivity index (χ3n) is 8.79. The number of amides is 2. The Balaban J connectivity index is 1.17. The van der Waals surface area contributed by atoms with E-state index in [2.05, 4.69) is 35.6 Å². The van der Waals surface area contributed by atoms with Crippen molar-refractivity contribution in [2.24, 2.45) is 11.1 Å². The lowest BCUT2D eigenvalue weighted by Gasteiger charge is -2.47. The van der Waals surface area contributed by atoms with Gasteiger partial charge < -0.3 is 20.1 Å². The first-order valence-electron chi connectivity index (χ1n) is 14.2. The summed E-state index contributed by atoms with van der Waals surface area (Å²) in [4.78, 5) is 40.6. The predicted octanol–water partition coefficient (Wildman–Crippen LogP) is 4.55. The molecule has 1 spiro atoms. The summed E-state index contributed by atoms with van der Waals surface area (Å²) >= 11 is 0. The number of nitrogens with two attached hydrogens (primary N) is 1. The topological polar surface area (TPSA) is 102 Å². The largest absolute Gasteiger partial charge is 0.490 e. The van der Waals surface area contributed by atoms with Gasteiger partial charge in [-0.3, -0.25) is 14.5 Å². The summed E-state index contributed by atoms with van der Waals surface area (Å²) in [7, 11) is 0. The van der Waals surface area contributed by atoms with Crippen molar-refractivity contribution in [3.63, 3.8) is 0 Å².